The van der Waals surface area contributed by atoms with Gasteiger partial charge in [-0.1, -0.05) is 30.3 Å². The predicted octanol–water partition coefficient (Wildman–Crippen LogP) is 5.34. The number of benzene rings is 3. The Kier molecular flexibility index (Phi) is 5.72. The quantitative estimate of drug-likeness (QED) is 0.548. The maximum Gasteiger partial charge on any atom is 0.573 e. The van der Waals surface area contributed by atoms with Crippen LogP contribution in [0, 0.1) is 5.82 Å². The number of anilines is 1. The SMILES string of the molecule is O=C(O)c1ccccc1C(=O)Nc1ccc(-c2cccc(OC(F)(F)F)c2)cc1F. The first-order valence-electron chi connectivity index (χ1n) is 8.43. The van der Waals surface area contributed by atoms with Crippen molar-refractivity contribution in [3.8, 4) is 16.9 Å². The van der Waals surface area contributed by atoms with E-state index in [0.717, 1.165) is 18.2 Å². The third-order valence-electron chi connectivity index (χ3n) is 4.02. The molecule has 0 saturated heterocycles. The normalized spacial score (nSPS) is 11.1. The molecule has 3 aromatic carbocycles. The molecular weight excluding hydrogens is 406 g/mol. The van der Waals surface area contributed by atoms with Gasteiger partial charge in [-0.2, -0.15) is 0 Å². The molecule has 9 heteroatoms. The standard InChI is InChI=1S/C21H13F4NO4/c22-17-11-13(12-4-3-5-14(10-12)30-21(23,24)25)8-9-18(17)26-19(27)15-6-1-2-7-16(15)20(28)29/h1-11H,(H,26,27)(H,28,29). The molecule has 0 heterocycles. The molecule has 0 bridgehead atoms. The second kappa shape index (κ2) is 8.24. The molecule has 3 aromatic rings. The van der Waals surface area contributed by atoms with Crippen LogP contribution in [0.25, 0.3) is 11.1 Å². The molecule has 154 valence electrons. The van der Waals surface area contributed by atoms with Crippen molar-refractivity contribution in [3.05, 3.63) is 83.7 Å². The molecule has 0 aromatic heterocycles. The van der Waals surface area contributed by atoms with Crippen LogP contribution in [0.2, 0.25) is 0 Å². The van der Waals surface area contributed by atoms with Gasteiger partial charge in [-0.05, 0) is 47.5 Å². The summed E-state index contributed by atoms with van der Waals surface area (Å²) in [6, 6.07) is 14.1. The Morgan fingerprint density at radius 1 is 0.867 bits per heavy atom. The number of carboxylic acid groups (broad SMARTS) is 1. The van der Waals surface area contributed by atoms with Crippen LogP contribution in [-0.4, -0.2) is 23.3 Å². The van der Waals surface area contributed by atoms with Crippen LogP contribution in [0.3, 0.4) is 0 Å². The molecule has 0 aliphatic heterocycles. The Labute approximate surface area is 167 Å². The van der Waals surface area contributed by atoms with Crippen molar-refractivity contribution in [1.29, 1.82) is 0 Å². The van der Waals surface area contributed by atoms with E-state index < -0.39 is 29.8 Å². The second-order valence-corrected chi connectivity index (χ2v) is 6.08. The van der Waals surface area contributed by atoms with Crippen molar-refractivity contribution in [2.45, 2.75) is 6.36 Å². The lowest BCUT2D eigenvalue weighted by molar-refractivity contribution is -0.274. The molecule has 30 heavy (non-hydrogen) atoms. The summed E-state index contributed by atoms with van der Waals surface area (Å²) in [6.07, 6.45) is -4.86. The molecule has 0 atom stereocenters. The molecule has 0 fully saturated rings. The average Bonchev–Trinajstić information content (AvgIpc) is 2.68. The monoisotopic (exact) mass is 419 g/mol. The lowest BCUT2D eigenvalue weighted by atomic mass is 10.0. The van der Waals surface area contributed by atoms with Crippen molar-refractivity contribution >= 4 is 17.6 Å². The number of aromatic carboxylic acids is 1. The molecule has 3 rings (SSSR count). The number of ether oxygens (including phenoxy) is 1. The van der Waals surface area contributed by atoms with E-state index in [1.807, 2.05) is 0 Å². The van der Waals surface area contributed by atoms with Gasteiger partial charge in [0, 0.05) is 0 Å². The minimum Gasteiger partial charge on any atom is -0.478 e. The van der Waals surface area contributed by atoms with E-state index in [9.17, 15) is 27.2 Å². The zero-order valence-corrected chi connectivity index (χ0v) is 15.0. The molecule has 0 aliphatic carbocycles. The Hall–Kier alpha value is -3.88. The van der Waals surface area contributed by atoms with Crippen molar-refractivity contribution in [2.75, 3.05) is 5.32 Å². The van der Waals surface area contributed by atoms with E-state index in [4.69, 9.17) is 5.11 Å². The fourth-order valence-corrected chi connectivity index (χ4v) is 2.73. The highest BCUT2D eigenvalue weighted by molar-refractivity contribution is 6.10. The summed E-state index contributed by atoms with van der Waals surface area (Å²) in [5.74, 6) is -3.43. The number of hydrogen-bond donors (Lipinski definition) is 2. The molecule has 0 spiro atoms. The summed E-state index contributed by atoms with van der Waals surface area (Å²) in [5.41, 5.74) is -0.0839. The van der Waals surface area contributed by atoms with Gasteiger partial charge in [-0.25, -0.2) is 9.18 Å². The molecule has 0 aliphatic rings. The first kappa shape index (κ1) is 20.8. The molecule has 0 radical (unpaired) electrons. The highest BCUT2D eigenvalue weighted by Crippen LogP contribution is 2.30. The van der Waals surface area contributed by atoms with Crippen LogP contribution < -0.4 is 10.1 Å². The van der Waals surface area contributed by atoms with Crippen LogP contribution in [0.15, 0.2) is 66.7 Å². The van der Waals surface area contributed by atoms with Crippen molar-refractivity contribution in [1.82, 2.24) is 0 Å². The van der Waals surface area contributed by atoms with Gasteiger partial charge in [-0.3, -0.25) is 4.79 Å². The minimum absolute atomic E-state index is 0.148. The van der Waals surface area contributed by atoms with Gasteiger partial charge in [0.15, 0.2) is 0 Å². The lowest BCUT2D eigenvalue weighted by Gasteiger charge is -2.12. The van der Waals surface area contributed by atoms with Crippen LogP contribution in [-0.2, 0) is 0 Å². The molecule has 0 unspecified atom stereocenters. The van der Waals surface area contributed by atoms with E-state index in [0.29, 0.717) is 0 Å². The lowest BCUT2D eigenvalue weighted by Crippen LogP contribution is -2.17. The Morgan fingerprint density at radius 2 is 1.53 bits per heavy atom. The van der Waals surface area contributed by atoms with Crippen molar-refractivity contribution < 1.29 is 37.0 Å². The smallest absolute Gasteiger partial charge is 0.478 e. The minimum atomic E-state index is -4.86. The number of nitrogens with one attached hydrogen (secondary N) is 1. The van der Waals surface area contributed by atoms with Gasteiger partial charge < -0.3 is 15.2 Å². The summed E-state index contributed by atoms with van der Waals surface area (Å²) in [4.78, 5) is 23.6. The molecule has 2 N–H and O–H groups in total. The maximum atomic E-state index is 14.5. The predicted molar refractivity (Wildman–Crippen MR) is 99.9 cm³/mol. The average molecular weight is 419 g/mol. The van der Waals surface area contributed by atoms with E-state index in [-0.39, 0.29) is 27.9 Å². The number of carbonyl (C=O) groups is 2. The molecule has 5 nitrogen and oxygen atoms in total. The van der Waals surface area contributed by atoms with Gasteiger partial charge in [0.05, 0.1) is 16.8 Å². The van der Waals surface area contributed by atoms with Crippen LogP contribution in [0.4, 0.5) is 23.2 Å². The summed E-state index contributed by atoms with van der Waals surface area (Å²) in [7, 11) is 0. The van der Waals surface area contributed by atoms with E-state index in [1.165, 1.54) is 48.5 Å². The van der Waals surface area contributed by atoms with Gasteiger partial charge in [0.25, 0.3) is 5.91 Å². The first-order chi connectivity index (χ1) is 14.1. The number of alkyl halides is 3. The first-order valence-corrected chi connectivity index (χ1v) is 8.43. The maximum absolute atomic E-state index is 14.5. The van der Waals surface area contributed by atoms with E-state index >= 15 is 0 Å². The van der Waals surface area contributed by atoms with E-state index in [1.54, 1.807) is 0 Å². The van der Waals surface area contributed by atoms with E-state index in [2.05, 4.69) is 10.1 Å². The second-order valence-electron chi connectivity index (χ2n) is 6.08. The number of rotatable bonds is 5. The summed E-state index contributed by atoms with van der Waals surface area (Å²) < 4.78 is 55.5. The summed E-state index contributed by atoms with van der Waals surface area (Å²) in [5, 5.41) is 11.4. The van der Waals surface area contributed by atoms with Crippen molar-refractivity contribution in [2.24, 2.45) is 0 Å². The number of carbonyl (C=O) groups excluding carboxylic acids is 1. The summed E-state index contributed by atoms with van der Waals surface area (Å²) >= 11 is 0. The Balaban J connectivity index is 1.84. The van der Waals surface area contributed by atoms with Gasteiger partial charge in [0.2, 0.25) is 0 Å². The fraction of sp³-hybridized carbons (Fsp3) is 0.0476. The molecule has 0 saturated carbocycles. The largest absolute Gasteiger partial charge is 0.573 e. The number of carboxylic acids is 1. The van der Waals surface area contributed by atoms with Gasteiger partial charge in [-0.15, -0.1) is 13.2 Å². The Bertz CT molecular complexity index is 1110. The van der Waals surface area contributed by atoms with Gasteiger partial charge in [0.1, 0.15) is 11.6 Å². The Morgan fingerprint density at radius 3 is 2.17 bits per heavy atom. The highest BCUT2D eigenvalue weighted by Gasteiger charge is 2.31. The molecule has 1 amide bonds. The summed E-state index contributed by atoms with van der Waals surface area (Å²) in [6.45, 7) is 0. The molecular formula is C21H13F4NO4. The third kappa shape index (κ3) is 4.93. The van der Waals surface area contributed by atoms with Crippen LogP contribution in [0.1, 0.15) is 20.7 Å². The van der Waals surface area contributed by atoms with Crippen LogP contribution in [0.5, 0.6) is 5.75 Å². The number of amides is 1. The van der Waals surface area contributed by atoms with Crippen LogP contribution >= 0.6 is 0 Å². The fourth-order valence-electron chi connectivity index (χ4n) is 2.73. The number of hydrogen-bond acceptors (Lipinski definition) is 3. The number of halogens is 4. The third-order valence-corrected chi connectivity index (χ3v) is 4.02. The van der Waals surface area contributed by atoms with Crippen molar-refractivity contribution in [3.63, 3.8) is 0 Å². The zero-order chi connectivity index (χ0) is 21.9. The zero-order valence-electron chi connectivity index (χ0n) is 15.0. The topological polar surface area (TPSA) is 75.6 Å². The van der Waals surface area contributed by atoms with Gasteiger partial charge >= 0.3 is 12.3 Å². The highest BCUT2D eigenvalue weighted by atomic mass is 19.4.